The summed E-state index contributed by atoms with van der Waals surface area (Å²) in [6, 6.07) is 6.54. The number of aldehydes is 1. The highest BCUT2D eigenvalue weighted by Gasteiger charge is 2.17. The molecule has 1 rings (SSSR count). The second-order valence-electron chi connectivity index (χ2n) is 4.59. The van der Waals surface area contributed by atoms with Crippen LogP contribution in [0.1, 0.15) is 34.6 Å². The Bertz CT molecular complexity index is 483. The van der Waals surface area contributed by atoms with Crippen molar-refractivity contribution in [3.05, 3.63) is 35.4 Å². The zero-order chi connectivity index (χ0) is 14.4. The molecule has 1 aromatic carbocycles. The monoisotopic (exact) mass is 262 g/mol. The van der Waals surface area contributed by atoms with Gasteiger partial charge < -0.3 is 10.2 Å². The number of nitrogens with zero attached hydrogens (tertiary/aromatic N) is 1. The number of benzene rings is 1. The van der Waals surface area contributed by atoms with E-state index < -0.39 is 0 Å². The van der Waals surface area contributed by atoms with Crippen molar-refractivity contribution < 1.29 is 14.4 Å². The molecule has 0 saturated carbocycles. The van der Waals surface area contributed by atoms with E-state index in [1.807, 2.05) is 13.8 Å². The molecule has 0 fully saturated rings. The van der Waals surface area contributed by atoms with Crippen molar-refractivity contribution in [3.63, 3.8) is 0 Å². The normalized spacial score (nSPS) is 10.1. The van der Waals surface area contributed by atoms with Crippen LogP contribution in [0.2, 0.25) is 0 Å². The summed E-state index contributed by atoms with van der Waals surface area (Å²) in [7, 11) is 1.53. The molecule has 0 bridgehead atoms. The molecule has 5 nitrogen and oxygen atoms in total. The van der Waals surface area contributed by atoms with Crippen molar-refractivity contribution in [2.45, 2.75) is 19.9 Å². The molecule has 102 valence electrons. The standard InChI is InChI=1S/C14H18N2O3/c1-10(2)15-13(18)8-16(3)14(19)12-7-5-4-6-11(12)9-17/h4-7,9-10H,8H2,1-3H3,(H,15,18). The van der Waals surface area contributed by atoms with Crippen LogP contribution in [0.3, 0.4) is 0 Å². The van der Waals surface area contributed by atoms with Gasteiger partial charge in [-0.25, -0.2) is 0 Å². The van der Waals surface area contributed by atoms with Gasteiger partial charge in [-0.05, 0) is 19.9 Å². The van der Waals surface area contributed by atoms with E-state index in [9.17, 15) is 14.4 Å². The van der Waals surface area contributed by atoms with Crippen molar-refractivity contribution in [2.24, 2.45) is 0 Å². The highest BCUT2D eigenvalue weighted by atomic mass is 16.2. The minimum absolute atomic E-state index is 0.0262. The summed E-state index contributed by atoms with van der Waals surface area (Å²) in [4.78, 5) is 35.9. The smallest absolute Gasteiger partial charge is 0.254 e. The summed E-state index contributed by atoms with van der Waals surface area (Å²) in [6.45, 7) is 3.66. The number of amides is 2. The minimum Gasteiger partial charge on any atom is -0.352 e. The number of carbonyl (C=O) groups is 3. The van der Waals surface area contributed by atoms with Crippen LogP contribution >= 0.6 is 0 Å². The molecule has 1 aromatic rings. The summed E-state index contributed by atoms with van der Waals surface area (Å²) in [6.07, 6.45) is 0.634. The molecule has 2 amide bonds. The number of likely N-dealkylation sites (N-methyl/N-ethyl adjacent to an activating group) is 1. The molecule has 0 heterocycles. The van der Waals surface area contributed by atoms with Gasteiger partial charge in [-0.15, -0.1) is 0 Å². The van der Waals surface area contributed by atoms with Crippen LogP contribution in [0.15, 0.2) is 24.3 Å². The molecular weight excluding hydrogens is 244 g/mol. The molecule has 0 aliphatic carbocycles. The van der Waals surface area contributed by atoms with Crippen LogP contribution < -0.4 is 5.32 Å². The van der Waals surface area contributed by atoms with E-state index in [1.165, 1.54) is 11.9 Å². The average molecular weight is 262 g/mol. The molecule has 0 aliphatic heterocycles. The molecule has 0 aromatic heterocycles. The Balaban J connectivity index is 2.77. The van der Waals surface area contributed by atoms with Crippen molar-refractivity contribution in [1.82, 2.24) is 10.2 Å². The summed E-state index contributed by atoms with van der Waals surface area (Å²) < 4.78 is 0. The van der Waals surface area contributed by atoms with Crippen LogP contribution in [0.5, 0.6) is 0 Å². The maximum Gasteiger partial charge on any atom is 0.254 e. The number of carbonyl (C=O) groups excluding carboxylic acids is 3. The summed E-state index contributed by atoms with van der Waals surface area (Å²) in [5, 5.41) is 2.71. The van der Waals surface area contributed by atoms with Gasteiger partial charge in [-0.3, -0.25) is 14.4 Å². The van der Waals surface area contributed by atoms with E-state index in [-0.39, 0.29) is 24.4 Å². The van der Waals surface area contributed by atoms with Gasteiger partial charge >= 0.3 is 0 Å². The Kier molecular flexibility index (Phi) is 5.23. The van der Waals surface area contributed by atoms with Crippen molar-refractivity contribution in [3.8, 4) is 0 Å². The van der Waals surface area contributed by atoms with E-state index in [1.54, 1.807) is 24.3 Å². The molecule has 5 heteroatoms. The van der Waals surface area contributed by atoms with E-state index >= 15 is 0 Å². The van der Waals surface area contributed by atoms with Gasteiger partial charge in [-0.1, -0.05) is 18.2 Å². The van der Waals surface area contributed by atoms with Crippen LogP contribution in [0.25, 0.3) is 0 Å². The van der Waals surface area contributed by atoms with Gasteiger partial charge in [0.25, 0.3) is 5.91 Å². The predicted octanol–water partition coefficient (Wildman–Crippen LogP) is 1.10. The van der Waals surface area contributed by atoms with E-state index in [0.717, 1.165) is 0 Å². The van der Waals surface area contributed by atoms with Gasteiger partial charge in [0.1, 0.15) is 0 Å². The molecule has 0 saturated heterocycles. The lowest BCUT2D eigenvalue weighted by molar-refractivity contribution is -0.122. The van der Waals surface area contributed by atoms with Crippen LogP contribution in [0.4, 0.5) is 0 Å². The highest BCUT2D eigenvalue weighted by molar-refractivity contribution is 6.02. The lowest BCUT2D eigenvalue weighted by Crippen LogP contribution is -2.41. The van der Waals surface area contributed by atoms with Gasteiger partial charge in [0.05, 0.1) is 12.1 Å². The number of hydrogen-bond donors (Lipinski definition) is 1. The molecule has 0 radical (unpaired) electrons. The first-order valence-electron chi connectivity index (χ1n) is 6.04. The van der Waals surface area contributed by atoms with E-state index in [2.05, 4.69) is 5.32 Å². The lowest BCUT2D eigenvalue weighted by Gasteiger charge is -2.18. The third-order valence-electron chi connectivity index (χ3n) is 2.50. The van der Waals surface area contributed by atoms with Crippen LogP contribution in [-0.2, 0) is 4.79 Å². The fourth-order valence-corrected chi connectivity index (χ4v) is 1.65. The Morgan fingerprint density at radius 2 is 1.95 bits per heavy atom. The van der Waals surface area contributed by atoms with Crippen molar-refractivity contribution >= 4 is 18.1 Å². The summed E-state index contributed by atoms with van der Waals surface area (Å²) >= 11 is 0. The first-order chi connectivity index (χ1) is 8.95. The lowest BCUT2D eigenvalue weighted by atomic mass is 10.1. The fourth-order valence-electron chi connectivity index (χ4n) is 1.65. The number of hydrogen-bond acceptors (Lipinski definition) is 3. The van der Waals surface area contributed by atoms with Gasteiger partial charge in [0, 0.05) is 18.7 Å². The summed E-state index contributed by atoms with van der Waals surface area (Å²) in [5.74, 6) is -0.573. The maximum absolute atomic E-state index is 12.1. The van der Waals surface area contributed by atoms with Crippen LogP contribution in [-0.4, -0.2) is 42.6 Å². The minimum atomic E-state index is -0.346. The second kappa shape index (κ2) is 6.68. The topological polar surface area (TPSA) is 66.5 Å². The first kappa shape index (κ1) is 14.9. The zero-order valence-corrected chi connectivity index (χ0v) is 11.3. The molecule has 0 spiro atoms. The maximum atomic E-state index is 12.1. The zero-order valence-electron chi connectivity index (χ0n) is 11.3. The van der Waals surface area contributed by atoms with E-state index in [0.29, 0.717) is 17.4 Å². The second-order valence-corrected chi connectivity index (χ2v) is 4.59. The van der Waals surface area contributed by atoms with Crippen molar-refractivity contribution in [1.29, 1.82) is 0 Å². The van der Waals surface area contributed by atoms with Crippen molar-refractivity contribution in [2.75, 3.05) is 13.6 Å². The Morgan fingerprint density at radius 1 is 1.32 bits per heavy atom. The van der Waals surface area contributed by atoms with Gasteiger partial charge in [0.2, 0.25) is 5.91 Å². The molecule has 19 heavy (non-hydrogen) atoms. The van der Waals surface area contributed by atoms with Gasteiger partial charge in [0.15, 0.2) is 6.29 Å². The molecular formula is C14H18N2O3. The molecule has 0 aliphatic rings. The Hall–Kier alpha value is -2.17. The Labute approximate surface area is 112 Å². The fraction of sp³-hybridized carbons (Fsp3) is 0.357. The molecule has 0 unspecified atom stereocenters. The average Bonchev–Trinajstić information content (AvgIpc) is 2.36. The molecule has 1 N–H and O–H groups in total. The number of rotatable bonds is 5. The Morgan fingerprint density at radius 3 is 2.53 bits per heavy atom. The molecule has 0 atom stereocenters. The SMILES string of the molecule is CC(C)NC(=O)CN(C)C(=O)c1ccccc1C=O. The largest absolute Gasteiger partial charge is 0.352 e. The van der Waals surface area contributed by atoms with E-state index in [4.69, 9.17) is 0 Å². The first-order valence-corrected chi connectivity index (χ1v) is 6.04. The number of nitrogens with one attached hydrogen (secondary N) is 1. The quantitative estimate of drug-likeness (QED) is 0.808. The predicted molar refractivity (Wildman–Crippen MR) is 72.1 cm³/mol. The summed E-state index contributed by atoms with van der Waals surface area (Å²) in [5.41, 5.74) is 0.626. The third-order valence-corrected chi connectivity index (χ3v) is 2.50. The van der Waals surface area contributed by atoms with Gasteiger partial charge in [-0.2, -0.15) is 0 Å². The van der Waals surface area contributed by atoms with Crippen LogP contribution in [0, 0.1) is 0 Å². The highest BCUT2D eigenvalue weighted by Crippen LogP contribution is 2.08. The third kappa shape index (κ3) is 4.21.